The van der Waals surface area contributed by atoms with Crippen LogP contribution in [-0.2, 0) is 9.53 Å². The van der Waals surface area contributed by atoms with E-state index in [0.717, 1.165) is 32.4 Å². The fraction of sp³-hybridized carbons (Fsp3) is 0.923. The average molecular weight is 227 g/mol. The molecule has 94 valence electrons. The van der Waals surface area contributed by atoms with Crippen LogP contribution in [0.15, 0.2) is 0 Å². The van der Waals surface area contributed by atoms with Crippen LogP contribution in [0.4, 0.5) is 0 Å². The number of amides is 1. The molecule has 0 aliphatic carbocycles. The summed E-state index contributed by atoms with van der Waals surface area (Å²) in [5, 5.41) is 0. The van der Waals surface area contributed by atoms with Gasteiger partial charge >= 0.3 is 0 Å². The van der Waals surface area contributed by atoms with Crippen LogP contribution in [0, 0.1) is 11.8 Å². The van der Waals surface area contributed by atoms with Gasteiger partial charge in [0.15, 0.2) is 0 Å². The Morgan fingerprint density at radius 1 is 1.44 bits per heavy atom. The second kappa shape index (κ2) is 6.24. The van der Waals surface area contributed by atoms with E-state index in [9.17, 15) is 4.79 Å². The molecule has 1 aliphatic rings. The third-order valence-corrected chi connectivity index (χ3v) is 3.41. The summed E-state index contributed by atoms with van der Waals surface area (Å²) < 4.78 is 5.08. The van der Waals surface area contributed by atoms with Gasteiger partial charge in [0.25, 0.3) is 0 Å². The number of likely N-dealkylation sites (tertiary alicyclic amines) is 1. The molecule has 0 aromatic heterocycles. The van der Waals surface area contributed by atoms with Gasteiger partial charge in [0.05, 0.1) is 0 Å². The second-order valence-corrected chi connectivity index (χ2v) is 5.33. The monoisotopic (exact) mass is 227 g/mol. The lowest BCUT2D eigenvalue weighted by Gasteiger charge is -2.21. The number of rotatable bonds is 6. The Morgan fingerprint density at radius 2 is 2.12 bits per heavy atom. The van der Waals surface area contributed by atoms with E-state index in [1.807, 2.05) is 4.90 Å². The molecule has 3 nitrogen and oxygen atoms in total. The normalized spacial score (nSPS) is 23.2. The van der Waals surface area contributed by atoms with Crippen molar-refractivity contribution >= 4 is 5.91 Å². The molecular formula is C13H25NO2. The molecule has 0 radical (unpaired) electrons. The van der Waals surface area contributed by atoms with E-state index in [4.69, 9.17) is 4.74 Å². The molecule has 16 heavy (non-hydrogen) atoms. The zero-order valence-electron chi connectivity index (χ0n) is 11.0. The summed E-state index contributed by atoms with van der Waals surface area (Å²) >= 11 is 0. The van der Waals surface area contributed by atoms with Gasteiger partial charge in [0.2, 0.25) is 5.91 Å². The third kappa shape index (κ3) is 3.78. The van der Waals surface area contributed by atoms with Gasteiger partial charge in [-0.05, 0) is 38.5 Å². The van der Waals surface area contributed by atoms with Gasteiger partial charge in [-0.25, -0.2) is 0 Å². The van der Waals surface area contributed by atoms with Crippen LogP contribution in [0.5, 0.6) is 0 Å². The number of hydrogen-bond acceptors (Lipinski definition) is 2. The summed E-state index contributed by atoms with van der Waals surface area (Å²) in [5.74, 6) is 1.55. The maximum absolute atomic E-state index is 11.7. The highest BCUT2D eigenvalue weighted by atomic mass is 16.5. The van der Waals surface area contributed by atoms with Crippen LogP contribution < -0.4 is 0 Å². The summed E-state index contributed by atoms with van der Waals surface area (Å²) in [6.07, 6.45) is 3.00. The molecule has 1 saturated heterocycles. The first-order chi connectivity index (χ1) is 7.54. The number of carbonyl (C=O) groups is 1. The molecule has 3 heteroatoms. The second-order valence-electron chi connectivity index (χ2n) is 5.33. The number of methoxy groups -OCH3 is 1. The van der Waals surface area contributed by atoms with Crippen LogP contribution in [0.2, 0.25) is 0 Å². The lowest BCUT2D eigenvalue weighted by Crippen LogP contribution is -2.32. The Labute approximate surface area is 99.1 Å². The molecule has 0 bridgehead atoms. The minimum atomic E-state index is 0.332. The summed E-state index contributed by atoms with van der Waals surface area (Å²) in [5.41, 5.74) is 0. The predicted octanol–water partition coefficient (Wildman–Crippen LogP) is 2.31. The summed E-state index contributed by atoms with van der Waals surface area (Å²) in [6, 6.07) is 0.354. The SMILES string of the molecule is COCCC(C)C[C@H]1CC(=O)N(C(C)C)C1. The summed E-state index contributed by atoms with van der Waals surface area (Å²) in [7, 11) is 1.74. The van der Waals surface area contributed by atoms with Gasteiger partial charge in [0.1, 0.15) is 0 Å². The molecule has 1 heterocycles. The Bertz CT molecular complexity index is 228. The minimum Gasteiger partial charge on any atom is -0.385 e. The summed E-state index contributed by atoms with van der Waals surface area (Å²) in [4.78, 5) is 13.7. The first-order valence-corrected chi connectivity index (χ1v) is 6.33. The van der Waals surface area contributed by atoms with E-state index < -0.39 is 0 Å². The lowest BCUT2D eigenvalue weighted by molar-refractivity contribution is -0.129. The molecular weight excluding hydrogens is 202 g/mol. The topological polar surface area (TPSA) is 29.5 Å². The maximum Gasteiger partial charge on any atom is 0.223 e. The Kier molecular flexibility index (Phi) is 5.26. The van der Waals surface area contributed by atoms with E-state index in [2.05, 4.69) is 20.8 Å². The number of nitrogens with zero attached hydrogens (tertiary/aromatic N) is 1. The van der Waals surface area contributed by atoms with E-state index >= 15 is 0 Å². The van der Waals surface area contributed by atoms with Gasteiger partial charge in [0, 0.05) is 32.7 Å². The lowest BCUT2D eigenvalue weighted by atomic mass is 9.93. The molecule has 1 amide bonds. The van der Waals surface area contributed by atoms with E-state index in [1.165, 1.54) is 0 Å². The van der Waals surface area contributed by atoms with E-state index in [0.29, 0.717) is 23.8 Å². The average Bonchev–Trinajstić information content (AvgIpc) is 2.56. The van der Waals surface area contributed by atoms with Crippen molar-refractivity contribution in [3.63, 3.8) is 0 Å². The Hall–Kier alpha value is -0.570. The summed E-state index contributed by atoms with van der Waals surface area (Å²) in [6.45, 7) is 8.22. The zero-order chi connectivity index (χ0) is 12.1. The first kappa shape index (κ1) is 13.5. The molecule has 0 aromatic rings. The maximum atomic E-state index is 11.7. The fourth-order valence-corrected chi connectivity index (χ4v) is 2.47. The zero-order valence-corrected chi connectivity index (χ0v) is 11.0. The van der Waals surface area contributed by atoms with Gasteiger partial charge in [-0.2, -0.15) is 0 Å². The van der Waals surface area contributed by atoms with Crippen molar-refractivity contribution in [2.75, 3.05) is 20.3 Å². The molecule has 1 rings (SSSR count). The van der Waals surface area contributed by atoms with Crippen molar-refractivity contribution in [2.24, 2.45) is 11.8 Å². The Morgan fingerprint density at radius 3 is 2.62 bits per heavy atom. The van der Waals surface area contributed by atoms with Crippen LogP contribution in [0.3, 0.4) is 0 Å². The fourth-order valence-electron chi connectivity index (χ4n) is 2.47. The third-order valence-electron chi connectivity index (χ3n) is 3.41. The highest BCUT2D eigenvalue weighted by molar-refractivity contribution is 5.78. The van der Waals surface area contributed by atoms with Crippen LogP contribution >= 0.6 is 0 Å². The number of ether oxygens (including phenoxy) is 1. The standard InChI is InChI=1S/C13H25NO2/c1-10(2)14-9-12(8-13(14)15)7-11(3)5-6-16-4/h10-12H,5-9H2,1-4H3/t11?,12-/m0/s1. The molecule has 0 saturated carbocycles. The molecule has 0 spiro atoms. The van der Waals surface area contributed by atoms with E-state index in [1.54, 1.807) is 7.11 Å². The van der Waals surface area contributed by atoms with Gasteiger partial charge in [-0.1, -0.05) is 6.92 Å². The molecule has 2 atom stereocenters. The van der Waals surface area contributed by atoms with E-state index in [-0.39, 0.29) is 0 Å². The molecule has 1 fully saturated rings. The van der Waals surface area contributed by atoms with Crippen molar-refractivity contribution in [2.45, 2.75) is 46.1 Å². The van der Waals surface area contributed by atoms with Gasteiger partial charge < -0.3 is 9.64 Å². The van der Waals surface area contributed by atoms with Crippen LogP contribution in [0.25, 0.3) is 0 Å². The number of hydrogen-bond donors (Lipinski definition) is 0. The smallest absolute Gasteiger partial charge is 0.223 e. The minimum absolute atomic E-state index is 0.332. The number of carbonyl (C=O) groups excluding carboxylic acids is 1. The van der Waals surface area contributed by atoms with Crippen LogP contribution in [0.1, 0.15) is 40.0 Å². The molecule has 1 aliphatic heterocycles. The van der Waals surface area contributed by atoms with Crippen molar-refractivity contribution in [3.8, 4) is 0 Å². The first-order valence-electron chi connectivity index (χ1n) is 6.33. The molecule has 1 unspecified atom stereocenters. The molecule has 0 aromatic carbocycles. The largest absolute Gasteiger partial charge is 0.385 e. The predicted molar refractivity (Wildman–Crippen MR) is 65.2 cm³/mol. The van der Waals surface area contributed by atoms with Crippen LogP contribution in [-0.4, -0.2) is 37.1 Å². The van der Waals surface area contributed by atoms with Crippen molar-refractivity contribution < 1.29 is 9.53 Å². The van der Waals surface area contributed by atoms with Gasteiger partial charge in [-0.3, -0.25) is 4.79 Å². The van der Waals surface area contributed by atoms with Crippen molar-refractivity contribution in [1.82, 2.24) is 4.90 Å². The Balaban J connectivity index is 2.32. The highest BCUT2D eigenvalue weighted by Crippen LogP contribution is 2.26. The molecule has 0 N–H and O–H groups in total. The van der Waals surface area contributed by atoms with Gasteiger partial charge in [-0.15, -0.1) is 0 Å². The highest BCUT2D eigenvalue weighted by Gasteiger charge is 2.31. The van der Waals surface area contributed by atoms with Crippen molar-refractivity contribution in [1.29, 1.82) is 0 Å². The van der Waals surface area contributed by atoms with Crippen molar-refractivity contribution in [3.05, 3.63) is 0 Å². The quantitative estimate of drug-likeness (QED) is 0.697.